The standard InChI is InChI=1S/C12H21NO/c1-10(8-9-13-2)11-4-6-12(14-3)7-5-11/h4,6,10,13H,5,7-9H2,1-3H3/t10-/m1/s1. The zero-order valence-electron chi connectivity index (χ0n) is 9.47. The lowest BCUT2D eigenvalue weighted by molar-refractivity contribution is 0.274. The molecule has 0 aromatic rings. The normalized spacial score (nSPS) is 18.5. The molecule has 1 rings (SSSR count). The van der Waals surface area contributed by atoms with Gasteiger partial charge in [0, 0.05) is 6.42 Å². The maximum absolute atomic E-state index is 5.20. The zero-order chi connectivity index (χ0) is 10.4. The molecule has 0 amide bonds. The van der Waals surface area contributed by atoms with Crippen LogP contribution in [0.4, 0.5) is 0 Å². The van der Waals surface area contributed by atoms with Crippen molar-refractivity contribution in [3.05, 3.63) is 23.5 Å². The van der Waals surface area contributed by atoms with Gasteiger partial charge in [-0.05, 0) is 38.4 Å². The van der Waals surface area contributed by atoms with E-state index in [1.54, 1.807) is 12.7 Å². The van der Waals surface area contributed by atoms with Crippen molar-refractivity contribution in [2.75, 3.05) is 20.7 Å². The van der Waals surface area contributed by atoms with Crippen molar-refractivity contribution in [2.45, 2.75) is 26.2 Å². The molecule has 1 aliphatic rings. The highest BCUT2D eigenvalue weighted by Gasteiger charge is 2.12. The van der Waals surface area contributed by atoms with Gasteiger partial charge in [-0.25, -0.2) is 0 Å². The number of nitrogens with one attached hydrogen (secondary N) is 1. The summed E-state index contributed by atoms with van der Waals surface area (Å²) in [6.07, 6.45) is 7.77. The molecule has 0 spiro atoms. The highest BCUT2D eigenvalue weighted by molar-refractivity contribution is 5.22. The molecule has 0 aromatic carbocycles. The van der Waals surface area contributed by atoms with Crippen LogP contribution < -0.4 is 5.32 Å². The van der Waals surface area contributed by atoms with Crippen molar-refractivity contribution in [1.29, 1.82) is 0 Å². The zero-order valence-corrected chi connectivity index (χ0v) is 9.47. The Kier molecular flexibility index (Phi) is 4.74. The smallest absolute Gasteiger partial charge is 0.0958 e. The third kappa shape index (κ3) is 3.18. The van der Waals surface area contributed by atoms with Crippen LogP contribution in [0.2, 0.25) is 0 Å². The highest BCUT2D eigenvalue weighted by atomic mass is 16.5. The SMILES string of the molecule is CNCC[C@@H](C)C1=CC=C(OC)CC1. The van der Waals surface area contributed by atoms with E-state index in [2.05, 4.69) is 24.4 Å². The van der Waals surface area contributed by atoms with Crippen molar-refractivity contribution < 1.29 is 4.74 Å². The van der Waals surface area contributed by atoms with E-state index in [9.17, 15) is 0 Å². The first-order chi connectivity index (χ1) is 6.77. The molecular formula is C12H21NO. The van der Waals surface area contributed by atoms with E-state index in [4.69, 9.17) is 4.74 Å². The number of hydrogen-bond donors (Lipinski definition) is 1. The Morgan fingerprint density at radius 1 is 1.43 bits per heavy atom. The minimum Gasteiger partial charge on any atom is -0.501 e. The average Bonchev–Trinajstić information content (AvgIpc) is 2.26. The summed E-state index contributed by atoms with van der Waals surface area (Å²) >= 11 is 0. The average molecular weight is 195 g/mol. The summed E-state index contributed by atoms with van der Waals surface area (Å²) in [6.45, 7) is 3.40. The van der Waals surface area contributed by atoms with E-state index < -0.39 is 0 Å². The van der Waals surface area contributed by atoms with Crippen LogP contribution in [0.25, 0.3) is 0 Å². The molecule has 1 atom stereocenters. The van der Waals surface area contributed by atoms with Crippen LogP contribution >= 0.6 is 0 Å². The number of allylic oxidation sites excluding steroid dienone is 4. The maximum Gasteiger partial charge on any atom is 0.0958 e. The molecule has 0 bridgehead atoms. The van der Waals surface area contributed by atoms with Crippen molar-refractivity contribution >= 4 is 0 Å². The van der Waals surface area contributed by atoms with Gasteiger partial charge < -0.3 is 10.1 Å². The van der Waals surface area contributed by atoms with Gasteiger partial charge in [0.15, 0.2) is 0 Å². The first kappa shape index (κ1) is 11.3. The van der Waals surface area contributed by atoms with E-state index >= 15 is 0 Å². The van der Waals surface area contributed by atoms with Gasteiger partial charge in [-0.3, -0.25) is 0 Å². The number of methoxy groups -OCH3 is 1. The predicted octanol–water partition coefficient (Wildman–Crippen LogP) is 2.48. The van der Waals surface area contributed by atoms with Gasteiger partial charge in [0.05, 0.1) is 12.9 Å². The van der Waals surface area contributed by atoms with Gasteiger partial charge in [-0.15, -0.1) is 0 Å². The van der Waals surface area contributed by atoms with Crippen molar-refractivity contribution in [1.82, 2.24) is 5.32 Å². The van der Waals surface area contributed by atoms with Gasteiger partial charge in [0.25, 0.3) is 0 Å². The van der Waals surface area contributed by atoms with Gasteiger partial charge >= 0.3 is 0 Å². The summed E-state index contributed by atoms with van der Waals surface area (Å²) in [6, 6.07) is 0. The van der Waals surface area contributed by atoms with Gasteiger partial charge in [0.1, 0.15) is 0 Å². The summed E-state index contributed by atoms with van der Waals surface area (Å²) in [4.78, 5) is 0. The molecule has 0 unspecified atom stereocenters. The minimum absolute atomic E-state index is 0.692. The monoisotopic (exact) mass is 195 g/mol. The number of rotatable bonds is 5. The topological polar surface area (TPSA) is 21.3 Å². The molecular weight excluding hydrogens is 174 g/mol. The van der Waals surface area contributed by atoms with Crippen LogP contribution in [0.3, 0.4) is 0 Å². The van der Waals surface area contributed by atoms with E-state index in [1.807, 2.05) is 7.05 Å². The molecule has 2 nitrogen and oxygen atoms in total. The van der Waals surface area contributed by atoms with Crippen LogP contribution in [0.15, 0.2) is 23.5 Å². The van der Waals surface area contributed by atoms with Gasteiger partial charge in [0.2, 0.25) is 0 Å². The van der Waals surface area contributed by atoms with Gasteiger partial charge in [-0.2, -0.15) is 0 Å². The molecule has 0 fully saturated rings. The van der Waals surface area contributed by atoms with Crippen LogP contribution in [0.5, 0.6) is 0 Å². The Morgan fingerprint density at radius 2 is 2.21 bits per heavy atom. The Bertz CT molecular complexity index is 230. The number of ether oxygens (including phenoxy) is 1. The molecule has 2 heteroatoms. The summed E-state index contributed by atoms with van der Waals surface area (Å²) < 4.78 is 5.20. The molecule has 0 radical (unpaired) electrons. The van der Waals surface area contributed by atoms with Crippen LogP contribution in [-0.2, 0) is 4.74 Å². The Labute approximate surface area is 87.0 Å². The van der Waals surface area contributed by atoms with Crippen molar-refractivity contribution in [2.24, 2.45) is 5.92 Å². The molecule has 0 aliphatic heterocycles. The third-order valence-electron chi connectivity index (χ3n) is 2.87. The molecule has 0 aromatic heterocycles. The predicted molar refractivity (Wildman–Crippen MR) is 60.1 cm³/mol. The molecule has 0 heterocycles. The summed E-state index contributed by atoms with van der Waals surface area (Å²) in [5, 5.41) is 3.19. The summed E-state index contributed by atoms with van der Waals surface area (Å²) in [5.41, 5.74) is 1.56. The Morgan fingerprint density at radius 3 is 2.71 bits per heavy atom. The lowest BCUT2D eigenvalue weighted by Gasteiger charge is -2.19. The van der Waals surface area contributed by atoms with Crippen LogP contribution in [-0.4, -0.2) is 20.7 Å². The lowest BCUT2D eigenvalue weighted by Crippen LogP contribution is -2.13. The van der Waals surface area contributed by atoms with E-state index in [1.165, 1.54) is 6.42 Å². The fraction of sp³-hybridized carbons (Fsp3) is 0.667. The van der Waals surface area contributed by atoms with Crippen molar-refractivity contribution in [3.63, 3.8) is 0 Å². The lowest BCUT2D eigenvalue weighted by atomic mass is 9.90. The van der Waals surface area contributed by atoms with E-state index in [0.29, 0.717) is 5.92 Å². The van der Waals surface area contributed by atoms with E-state index in [-0.39, 0.29) is 0 Å². The largest absolute Gasteiger partial charge is 0.501 e. The molecule has 0 saturated heterocycles. The molecule has 14 heavy (non-hydrogen) atoms. The summed E-state index contributed by atoms with van der Waals surface area (Å²) in [5.74, 6) is 1.80. The van der Waals surface area contributed by atoms with E-state index in [0.717, 1.165) is 25.1 Å². The van der Waals surface area contributed by atoms with Gasteiger partial charge in [-0.1, -0.05) is 18.6 Å². The van der Waals surface area contributed by atoms with Crippen LogP contribution in [0.1, 0.15) is 26.2 Å². The second kappa shape index (κ2) is 5.86. The van der Waals surface area contributed by atoms with Crippen LogP contribution in [0, 0.1) is 5.92 Å². The molecule has 1 aliphatic carbocycles. The first-order valence-corrected chi connectivity index (χ1v) is 5.36. The fourth-order valence-corrected chi connectivity index (χ4v) is 1.76. The molecule has 1 N–H and O–H groups in total. The second-order valence-electron chi connectivity index (χ2n) is 3.87. The van der Waals surface area contributed by atoms with Crippen molar-refractivity contribution in [3.8, 4) is 0 Å². The molecule has 0 saturated carbocycles. The Balaban J connectivity index is 2.45. The minimum atomic E-state index is 0.692. The third-order valence-corrected chi connectivity index (χ3v) is 2.87. The fourth-order valence-electron chi connectivity index (χ4n) is 1.76. The Hall–Kier alpha value is -0.760. The number of hydrogen-bond acceptors (Lipinski definition) is 2. The maximum atomic E-state index is 5.20. The quantitative estimate of drug-likeness (QED) is 0.727. The highest BCUT2D eigenvalue weighted by Crippen LogP contribution is 2.25. The first-order valence-electron chi connectivity index (χ1n) is 5.36. The molecule has 80 valence electrons. The second-order valence-corrected chi connectivity index (χ2v) is 3.87. The summed E-state index contributed by atoms with van der Waals surface area (Å²) in [7, 11) is 3.75.